The Morgan fingerprint density at radius 2 is 1.89 bits per heavy atom. The van der Waals surface area contributed by atoms with Crippen LogP contribution < -0.4 is 0 Å². The first-order chi connectivity index (χ1) is 8.94. The fourth-order valence-electron chi connectivity index (χ4n) is 2.84. The van der Waals surface area contributed by atoms with Gasteiger partial charge in [0.1, 0.15) is 0 Å². The van der Waals surface area contributed by atoms with Crippen LogP contribution in [0, 0.1) is 0 Å². The van der Waals surface area contributed by atoms with Crippen LogP contribution in [0.4, 0.5) is 0 Å². The monoisotopic (exact) mass is 264 g/mol. The molecule has 0 bridgehead atoms. The van der Waals surface area contributed by atoms with Gasteiger partial charge in [-0.3, -0.25) is 0 Å². The highest BCUT2D eigenvalue weighted by molar-refractivity contribution is 5.81. The van der Waals surface area contributed by atoms with Gasteiger partial charge in [-0.05, 0) is 29.4 Å². The highest BCUT2D eigenvalue weighted by atomic mass is 16.5. The minimum absolute atomic E-state index is 0.0288. The molecule has 1 aromatic carbocycles. The lowest BCUT2D eigenvalue weighted by Gasteiger charge is -2.42. The summed E-state index contributed by atoms with van der Waals surface area (Å²) in [4.78, 5) is 11.7. The molecule has 4 nitrogen and oxygen atoms in total. The Hall–Kier alpha value is -1.39. The van der Waals surface area contributed by atoms with Gasteiger partial charge in [0.15, 0.2) is 5.60 Å². The van der Waals surface area contributed by atoms with Crippen LogP contribution >= 0.6 is 0 Å². The average molecular weight is 264 g/mol. The second-order valence-corrected chi connectivity index (χ2v) is 5.63. The SMILES string of the molecule is CC1(C)CCC(OCCO)(C(=O)O)c2ccccc21. The topological polar surface area (TPSA) is 66.8 Å². The summed E-state index contributed by atoms with van der Waals surface area (Å²) in [6, 6.07) is 7.54. The third-order valence-corrected chi connectivity index (χ3v) is 3.98. The maximum Gasteiger partial charge on any atom is 0.340 e. The zero-order chi connectivity index (χ0) is 14.1. The van der Waals surface area contributed by atoms with Crippen LogP contribution in [0.2, 0.25) is 0 Å². The minimum Gasteiger partial charge on any atom is -0.479 e. The molecule has 104 valence electrons. The van der Waals surface area contributed by atoms with Gasteiger partial charge in [-0.15, -0.1) is 0 Å². The number of aliphatic carboxylic acids is 1. The summed E-state index contributed by atoms with van der Waals surface area (Å²) in [6.45, 7) is 4.08. The molecule has 1 aromatic rings. The Morgan fingerprint density at radius 3 is 2.47 bits per heavy atom. The Bertz CT molecular complexity index is 481. The van der Waals surface area contributed by atoms with E-state index in [1.165, 1.54) is 0 Å². The van der Waals surface area contributed by atoms with Gasteiger partial charge < -0.3 is 14.9 Å². The largest absolute Gasteiger partial charge is 0.479 e. The number of fused-ring (bicyclic) bond motifs is 1. The van der Waals surface area contributed by atoms with Crippen LogP contribution in [-0.2, 0) is 20.5 Å². The first-order valence-electron chi connectivity index (χ1n) is 6.52. The molecule has 0 fully saturated rings. The van der Waals surface area contributed by atoms with Crippen LogP contribution in [0.1, 0.15) is 37.8 Å². The summed E-state index contributed by atoms with van der Waals surface area (Å²) in [5.41, 5.74) is 0.348. The van der Waals surface area contributed by atoms with Crippen molar-refractivity contribution in [1.29, 1.82) is 0 Å². The molecular weight excluding hydrogens is 244 g/mol. The molecule has 0 heterocycles. The van der Waals surface area contributed by atoms with E-state index in [9.17, 15) is 9.90 Å². The highest BCUT2D eigenvalue weighted by Gasteiger charge is 2.49. The molecule has 1 aliphatic rings. The maximum atomic E-state index is 11.7. The second-order valence-electron chi connectivity index (χ2n) is 5.63. The number of aliphatic hydroxyl groups is 1. The van der Waals surface area contributed by atoms with E-state index in [-0.39, 0.29) is 18.6 Å². The van der Waals surface area contributed by atoms with Crippen molar-refractivity contribution in [2.24, 2.45) is 0 Å². The van der Waals surface area contributed by atoms with Crippen LogP contribution in [0.15, 0.2) is 24.3 Å². The summed E-state index contributed by atoms with van der Waals surface area (Å²) < 4.78 is 5.55. The van der Waals surface area contributed by atoms with Gasteiger partial charge in [0.2, 0.25) is 0 Å². The molecule has 1 aliphatic carbocycles. The quantitative estimate of drug-likeness (QED) is 0.873. The number of ether oxygens (including phenoxy) is 1. The minimum atomic E-state index is -1.32. The van der Waals surface area contributed by atoms with Gasteiger partial charge in [0.25, 0.3) is 0 Å². The molecule has 0 radical (unpaired) electrons. The maximum absolute atomic E-state index is 11.7. The number of rotatable bonds is 4. The van der Waals surface area contributed by atoms with Crippen molar-refractivity contribution < 1.29 is 19.7 Å². The highest BCUT2D eigenvalue weighted by Crippen LogP contribution is 2.46. The van der Waals surface area contributed by atoms with E-state index in [1.54, 1.807) is 0 Å². The van der Waals surface area contributed by atoms with Crippen molar-refractivity contribution in [3.05, 3.63) is 35.4 Å². The molecule has 1 unspecified atom stereocenters. The fraction of sp³-hybridized carbons (Fsp3) is 0.533. The van der Waals surface area contributed by atoms with Gasteiger partial charge >= 0.3 is 5.97 Å². The number of carbonyl (C=O) groups is 1. The lowest BCUT2D eigenvalue weighted by molar-refractivity contribution is -0.172. The lowest BCUT2D eigenvalue weighted by atomic mass is 9.66. The van der Waals surface area contributed by atoms with Crippen molar-refractivity contribution >= 4 is 5.97 Å². The van der Waals surface area contributed by atoms with E-state index in [0.29, 0.717) is 12.0 Å². The standard InChI is InChI=1S/C15H20O4/c1-14(2)7-8-15(13(17)18,19-10-9-16)12-6-4-3-5-11(12)14/h3-6,16H,7-10H2,1-2H3,(H,17,18). The molecule has 0 spiro atoms. The zero-order valence-electron chi connectivity index (χ0n) is 11.3. The van der Waals surface area contributed by atoms with E-state index in [2.05, 4.69) is 13.8 Å². The normalized spacial score (nSPS) is 24.8. The Morgan fingerprint density at radius 1 is 1.26 bits per heavy atom. The molecule has 0 saturated carbocycles. The predicted octanol–water partition coefficient (Wildman–Crippen LogP) is 2.05. The number of carboxylic acid groups (broad SMARTS) is 1. The van der Waals surface area contributed by atoms with Crippen LogP contribution in [0.5, 0.6) is 0 Å². The number of carboxylic acids is 1. The molecule has 1 atom stereocenters. The van der Waals surface area contributed by atoms with Gasteiger partial charge in [0.05, 0.1) is 13.2 Å². The Kier molecular flexibility index (Phi) is 3.65. The van der Waals surface area contributed by atoms with E-state index >= 15 is 0 Å². The fourth-order valence-corrected chi connectivity index (χ4v) is 2.84. The van der Waals surface area contributed by atoms with E-state index < -0.39 is 11.6 Å². The second kappa shape index (κ2) is 4.94. The zero-order valence-corrected chi connectivity index (χ0v) is 11.3. The van der Waals surface area contributed by atoms with Crippen molar-refractivity contribution in [1.82, 2.24) is 0 Å². The summed E-state index contributed by atoms with van der Waals surface area (Å²) in [5, 5.41) is 18.6. The Balaban J connectivity index is 2.55. The first-order valence-corrected chi connectivity index (χ1v) is 6.52. The average Bonchev–Trinajstić information content (AvgIpc) is 2.38. The number of hydrogen-bond acceptors (Lipinski definition) is 3. The molecular formula is C15H20O4. The molecule has 2 N–H and O–H groups in total. The van der Waals surface area contributed by atoms with Gasteiger partial charge in [-0.1, -0.05) is 38.1 Å². The van der Waals surface area contributed by atoms with Gasteiger partial charge in [-0.25, -0.2) is 4.79 Å². The van der Waals surface area contributed by atoms with Crippen molar-refractivity contribution in [3.8, 4) is 0 Å². The molecule has 0 aromatic heterocycles. The summed E-state index contributed by atoms with van der Waals surface area (Å²) in [6.07, 6.45) is 1.16. The predicted molar refractivity (Wildman–Crippen MR) is 71.1 cm³/mol. The number of benzene rings is 1. The van der Waals surface area contributed by atoms with Crippen molar-refractivity contribution in [3.63, 3.8) is 0 Å². The Labute approximate surface area is 113 Å². The third-order valence-electron chi connectivity index (χ3n) is 3.98. The summed E-state index contributed by atoms with van der Waals surface area (Å²) in [5.74, 6) is -0.982. The molecule has 0 amide bonds. The molecule has 2 rings (SSSR count). The lowest BCUT2D eigenvalue weighted by Crippen LogP contribution is -2.46. The molecule has 4 heteroatoms. The molecule has 19 heavy (non-hydrogen) atoms. The summed E-state index contributed by atoms with van der Waals surface area (Å²) in [7, 11) is 0. The third kappa shape index (κ3) is 2.26. The van der Waals surface area contributed by atoms with Crippen LogP contribution in [0.25, 0.3) is 0 Å². The van der Waals surface area contributed by atoms with Crippen LogP contribution in [-0.4, -0.2) is 29.4 Å². The van der Waals surface area contributed by atoms with Crippen LogP contribution in [0.3, 0.4) is 0 Å². The van der Waals surface area contributed by atoms with E-state index in [1.807, 2.05) is 24.3 Å². The molecule has 0 aliphatic heterocycles. The molecule has 0 saturated heterocycles. The van der Waals surface area contributed by atoms with Crippen molar-refractivity contribution in [2.45, 2.75) is 37.7 Å². The summed E-state index contributed by atoms with van der Waals surface area (Å²) >= 11 is 0. The van der Waals surface area contributed by atoms with E-state index in [4.69, 9.17) is 9.84 Å². The van der Waals surface area contributed by atoms with Crippen molar-refractivity contribution in [2.75, 3.05) is 13.2 Å². The number of aliphatic hydroxyl groups excluding tert-OH is 1. The van der Waals surface area contributed by atoms with Gasteiger partial charge in [-0.2, -0.15) is 0 Å². The van der Waals surface area contributed by atoms with Gasteiger partial charge in [0, 0.05) is 0 Å². The van der Waals surface area contributed by atoms with E-state index in [0.717, 1.165) is 12.0 Å². The smallest absolute Gasteiger partial charge is 0.340 e. The first kappa shape index (κ1) is 14.0. The number of hydrogen-bond donors (Lipinski definition) is 2.